The maximum absolute atomic E-state index is 6.55. The van der Waals surface area contributed by atoms with Crippen LogP contribution in [-0.4, -0.2) is 4.98 Å². The van der Waals surface area contributed by atoms with Gasteiger partial charge in [0.1, 0.15) is 0 Å². The van der Waals surface area contributed by atoms with Crippen LogP contribution in [0.25, 0.3) is 0 Å². The monoisotopic (exact) mass is 264 g/mol. The zero-order valence-electron chi connectivity index (χ0n) is 11.8. The minimum atomic E-state index is 0.128. The lowest BCUT2D eigenvalue weighted by molar-refractivity contribution is 0.554. The van der Waals surface area contributed by atoms with Crippen LogP contribution in [0.15, 0.2) is 42.7 Å². The molecular formula is C18H20N2. The lowest BCUT2D eigenvalue weighted by atomic mass is 9.92. The second-order valence-electron chi connectivity index (χ2n) is 6.33. The van der Waals surface area contributed by atoms with Gasteiger partial charge in [0.15, 0.2) is 0 Å². The van der Waals surface area contributed by atoms with Crippen molar-refractivity contribution in [3.05, 3.63) is 65.0 Å². The smallest absolute Gasteiger partial charge is 0.0347 e. The van der Waals surface area contributed by atoms with Crippen molar-refractivity contribution in [3.63, 3.8) is 0 Å². The largest absolute Gasteiger partial charge is 0.324 e. The van der Waals surface area contributed by atoms with Gasteiger partial charge in [-0.25, -0.2) is 0 Å². The van der Waals surface area contributed by atoms with E-state index in [2.05, 4.69) is 42.2 Å². The molecule has 102 valence electrons. The Balaban J connectivity index is 1.64. The van der Waals surface area contributed by atoms with Crippen molar-refractivity contribution in [3.8, 4) is 0 Å². The van der Waals surface area contributed by atoms with E-state index in [4.69, 9.17) is 5.73 Å². The van der Waals surface area contributed by atoms with Crippen molar-refractivity contribution >= 4 is 0 Å². The molecule has 1 heterocycles. The molecule has 1 saturated carbocycles. The van der Waals surface area contributed by atoms with Crippen molar-refractivity contribution in [1.29, 1.82) is 0 Å². The summed E-state index contributed by atoms with van der Waals surface area (Å²) in [6, 6.07) is 11.2. The highest BCUT2D eigenvalue weighted by Crippen LogP contribution is 2.63. The van der Waals surface area contributed by atoms with E-state index in [0.717, 1.165) is 5.92 Å². The van der Waals surface area contributed by atoms with Gasteiger partial charge in [-0.3, -0.25) is 4.98 Å². The normalized spacial score (nSPS) is 28.4. The summed E-state index contributed by atoms with van der Waals surface area (Å²) in [4.78, 5) is 4.30. The quantitative estimate of drug-likeness (QED) is 0.903. The van der Waals surface area contributed by atoms with Gasteiger partial charge in [0.25, 0.3) is 0 Å². The number of nitrogens with two attached hydrogens (primary N) is 1. The predicted molar refractivity (Wildman–Crippen MR) is 80.4 cm³/mol. The van der Waals surface area contributed by atoms with Crippen LogP contribution >= 0.6 is 0 Å². The summed E-state index contributed by atoms with van der Waals surface area (Å²) >= 11 is 0. The predicted octanol–water partition coefficient (Wildman–Crippen LogP) is 3.37. The van der Waals surface area contributed by atoms with Gasteiger partial charge in [-0.2, -0.15) is 0 Å². The molecule has 4 rings (SSSR count). The van der Waals surface area contributed by atoms with Crippen LogP contribution in [0.3, 0.4) is 0 Å². The van der Waals surface area contributed by atoms with Crippen LogP contribution in [0.2, 0.25) is 0 Å². The van der Waals surface area contributed by atoms with Gasteiger partial charge in [0.05, 0.1) is 0 Å². The molecule has 4 atom stereocenters. The van der Waals surface area contributed by atoms with Crippen molar-refractivity contribution in [1.82, 2.24) is 4.98 Å². The number of aromatic nitrogens is 1. The SMILES string of the molecule is Cc1cncc(C(N)C2C3CCc4ccccc4C32)c1. The van der Waals surface area contributed by atoms with E-state index in [-0.39, 0.29) is 6.04 Å². The third-order valence-corrected chi connectivity index (χ3v) is 5.09. The lowest BCUT2D eigenvalue weighted by Crippen LogP contribution is -2.14. The highest BCUT2D eigenvalue weighted by Gasteiger charge is 2.55. The molecule has 0 spiro atoms. The molecule has 0 saturated heterocycles. The standard InChI is InChI=1S/C18H20N2/c1-11-8-13(10-20-9-11)18(19)17-15-7-6-12-4-2-3-5-14(12)16(15)17/h2-5,8-10,15-18H,6-7,19H2,1H3. The number of hydrogen-bond acceptors (Lipinski definition) is 2. The first-order valence-corrected chi connectivity index (χ1v) is 7.50. The Bertz CT molecular complexity index is 649. The number of pyridine rings is 1. The van der Waals surface area contributed by atoms with Crippen LogP contribution < -0.4 is 5.73 Å². The van der Waals surface area contributed by atoms with Crippen molar-refractivity contribution in [2.45, 2.75) is 31.7 Å². The van der Waals surface area contributed by atoms with Crippen LogP contribution in [0.1, 0.15) is 40.6 Å². The third kappa shape index (κ3) is 1.79. The number of fused-ring (bicyclic) bond motifs is 3. The topological polar surface area (TPSA) is 38.9 Å². The minimum absolute atomic E-state index is 0.128. The van der Waals surface area contributed by atoms with Gasteiger partial charge >= 0.3 is 0 Å². The first kappa shape index (κ1) is 12.1. The number of aryl methyl sites for hydroxylation is 2. The third-order valence-electron chi connectivity index (χ3n) is 5.09. The summed E-state index contributed by atoms with van der Waals surface area (Å²) in [7, 11) is 0. The number of rotatable bonds is 2. The van der Waals surface area contributed by atoms with E-state index in [9.17, 15) is 0 Å². The van der Waals surface area contributed by atoms with Crippen LogP contribution in [0.5, 0.6) is 0 Å². The Hall–Kier alpha value is -1.67. The van der Waals surface area contributed by atoms with Gasteiger partial charge < -0.3 is 5.73 Å². The molecule has 1 aromatic carbocycles. The Morgan fingerprint density at radius 1 is 1.25 bits per heavy atom. The minimum Gasteiger partial charge on any atom is -0.324 e. The molecule has 1 fully saturated rings. The fraction of sp³-hybridized carbons (Fsp3) is 0.389. The van der Waals surface area contributed by atoms with Gasteiger partial charge in [-0.15, -0.1) is 0 Å². The van der Waals surface area contributed by atoms with E-state index < -0.39 is 0 Å². The van der Waals surface area contributed by atoms with Crippen LogP contribution in [-0.2, 0) is 6.42 Å². The molecule has 0 aliphatic heterocycles. The van der Waals surface area contributed by atoms with Crippen LogP contribution in [0, 0.1) is 18.8 Å². The summed E-state index contributed by atoms with van der Waals surface area (Å²) in [5, 5.41) is 0. The second-order valence-corrected chi connectivity index (χ2v) is 6.33. The molecule has 2 aliphatic carbocycles. The zero-order valence-corrected chi connectivity index (χ0v) is 11.8. The molecule has 2 nitrogen and oxygen atoms in total. The average molecular weight is 264 g/mol. The summed E-state index contributed by atoms with van der Waals surface area (Å²) in [6.45, 7) is 2.08. The molecule has 2 aliphatic rings. The van der Waals surface area contributed by atoms with Crippen molar-refractivity contribution in [2.75, 3.05) is 0 Å². The van der Waals surface area contributed by atoms with Gasteiger partial charge in [0.2, 0.25) is 0 Å². The van der Waals surface area contributed by atoms with Gasteiger partial charge in [-0.05, 0) is 59.8 Å². The molecule has 2 heteroatoms. The molecule has 0 bridgehead atoms. The van der Waals surface area contributed by atoms with E-state index in [1.54, 1.807) is 5.56 Å². The molecule has 20 heavy (non-hydrogen) atoms. The summed E-state index contributed by atoms with van der Waals surface area (Å²) in [5.74, 6) is 2.05. The Morgan fingerprint density at radius 2 is 2.10 bits per heavy atom. The summed E-state index contributed by atoms with van der Waals surface area (Å²) in [6.07, 6.45) is 6.34. The Labute approximate surface area is 120 Å². The molecule has 1 aromatic heterocycles. The van der Waals surface area contributed by atoms with Crippen LogP contribution in [0.4, 0.5) is 0 Å². The van der Waals surface area contributed by atoms with Crippen molar-refractivity contribution < 1.29 is 0 Å². The molecule has 0 amide bonds. The first-order chi connectivity index (χ1) is 9.75. The highest BCUT2D eigenvalue weighted by atomic mass is 14.8. The number of nitrogens with zero attached hydrogens (tertiary/aromatic N) is 1. The summed E-state index contributed by atoms with van der Waals surface area (Å²) in [5.41, 5.74) is 12.0. The van der Waals surface area contributed by atoms with E-state index in [0.29, 0.717) is 11.8 Å². The molecule has 2 aromatic rings. The Morgan fingerprint density at radius 3 is 2.95 bits per heavy atom. The van der Waals surface area contributed by atoms with E-state index in [1.807, 2.05) is 12.4 Å². The van der Waals surface area contributed by atoms with Gasteiger partial charge in [0, 0.05) is 18.4 Å². The number of benzene rings is 1. The summed E-state index contributed by atoms with van der Waals surface area (Å²) < 4.78 is 0. The first-order valence-electron chi connectivity index (χ1n) is 7.50. The highest BCUT2D eigenvalue weighted by molar-refractivity contribution is 5.41. The van der Waals surface area contributed by atoms with E-state index in [1.165, 1.54) is 29.5 Å². The van der Waals surface area contributed by atoms with Crippen molar-refractivity contribution in [2.24, 2.45) is 17.6 Å². The molecule has 0 radical (unpaired) electrons. The second kappa shape index (κ2) is 4.42. The van der Waals surface area contributed by atoms with E-state index >= 15 is 0 Å². The average Bonchev–Trinajstić information content (AvgIpc) is 3.21. The Kier molecular flexibility index (Phi) is 2.67. The zero-order chi connectivity index (χ0) is 13.7. The molecule has 4 unspecified atom stereocenters. The number of hydrogen-bond donors (Lipinski definition) is 1. The van der Waals surface area contributed by atoms with Gasteiger partial charge in [-0.1, -0.05) is 30.3 Å². The fourth-order valence-corrected chi connectivity index (χ4v) is 4.09. The lowest BCUT2D eigenvalue weighted by Gasteiger charge is -2.14. The maximum Gasteiger partial charge on any atom is 0.0347 e. The fourth-order valence-electron chi connectivity index (χ4n) is 4.09. The molecular weight excluding hydrogens is 244 g/mol. The molecule has 2 N–H and O–H groups in total. The maximum atomic E-state index is 6.55.